The van der Waals surface area contributed by atoms with Gasteiger partial charge in [0.2, 0.25) is 5.91 Å². The van der Waals surface area contributed by atoms with Gasteiger partial charge in [-0.3, -0.25) is 14.5 Å². The molecule has 0 bridgehead atoms. The van der Waals surface area contributed by atoms with E-state index in [0.29, 0.717) is 37.5 Å². The van der Waals surface area contributed by atoms with E-state index >= 15 is 0 Å². The molecule has 6 nitrogen and oxygen atoms in total. The molecule has 1 saturated heterocycles. The Labute approximate surface area is 138 Å². The first-order chi connectivity index (χ1) is 11.0. The Hall–Kier alpha value is -1.82. The predicted molar refractivity (Wildman–Crippen MR) is 88.2 cm³/mol. The topological polar surface area (TPSA) is 57.0 Å². The van der Waals surface area contributed by atoms with Crippen molar-refractivity contribution in [3.63, 3.8) is 0 Å². The van der Waals surface area contributed by atoms with Crippen molar-refractivity contribution in [1.29, 1.82) is 0 Å². The second-order valence-corrected chi connectivity index (χ2v) is 5.84. The van der Waals surface area contributed by atoms with Crippen LogP contribution in [0.5, 0.6) is 0 Å². The fourth-order valence-electron chi connectivity index (χ4n) is 2.89. The Balaban J connectivity index is 2.08. The molecule has 2 heterocycles. The van der Waals surface area contributed by atoms with E-state index in [1.165, 1.54) is 0 Å². The summed E-state index contributed by atoms with van der Waals surface area (Å²) < 4.78 is 5.75. The van der Waals surface area contributed by atoms with Crippen LogP contribution in [0.3, 0.4) is 0 Å². The van der Waals surface area contributed by atoms with Crippen molar-refractivity contribution < 1.29 is 14.0 Å². The van der Waals surface area contributed by atoms with Gasteiger partial charge in [-0.15, -0.1) is 0 Å². The van der Waals surface area contributed by atoms with Gasteiger partial charge in [0.1, 0.15) is 18.1 Å². The van der Waals surface area contributed by atoms with Gasteiger partial charge >= 0.3 is 0 Å². The molecule has 2 amide bonds. The summed E-state index contributed by atoms with van der Waals surface area (Å²) in [6, 6.07) is 1.83. The highest BCUT2D eigenvalue weighted by Crippen LogP contribution is 2.19. The van der Waals surface area contributed by atoms with E-state index in [2.05, 4.69) is 18.7 Å². The van der Waals surface area contributed by atoms with Crippen LogP contribution >= 0.6 is 0 Å². The number of nitrogens with zero attached hydrogens (tertiary/aromatic N) is 3. The smallest absolute Gasteiger partial charge is 0.257 e. The number of hydrogen-bond acceptors (Lipinski definition) is 4. The van der Waals surface area contributed by atoms with Gasteiger partial charge in [0.15, 0.2) is 0 Å². The Morgan fingerprint density at radius 3 is 2.52 bits per heavy atom. The van der Waals surface area contributed by atoms with Gasteiger partial charge in [0.25, 0.3) is 5.91 Å². The molecule has 2 rings (SSSR count). The van der Waals surface area contributed by atoms with Crippen molar-refractivity contribution in [2.24, 2.45) is 0 Å². The molecule has 0 saturated carbocycles. The lowest BCUT2D eigenvalue weighted by Crippen LogP contribution is -2.52. The minimum atomic E-state index is -0.110. The lowest BCUT2D eigenvalue weighted by molar-refractivity contribution is -0.134. The van der Waals surface area contributed by atoms with Crippen LogP contribution in [0.4, 0.5) is 0 Å². The average Bonchev–Trinajstić information content (AvgIpc) is 2.92. The molecule has 128 valence electrons. The lowest BCUT2D eigenvalue weighted by atomic mass is 10.2. The zero-order valence-electron chi connectivity index (χ0n) is 14.6. The maximum absolute atomic E-state index is 12.7. The minimum Gasteiger partial charge on any atom is -0.464 e. The number of hydrogen-bond donors (Lipinski definition) is 0. The Kier molecular flexibility index (Phi) is 5.82. The molecule has 0 unspecified atom stereocenters. The van der Waals surface area contributed by atoms with E-state index in [-0.39, 0.29) is 18.4 Å². The summed E-state index contributed by atoms with van der Waals surface area (Å²) in [6.45, 7) is 12.6. The van der Waals surface area contributed by atoms with Gasteiger partial charge in [-0.2, -0.15) is 0 Å². The van der Waals surface area contributed by atoms with Crippen molar-refractivity contribution in [1.82, 2.24) is 14.7 Å². The number of carbonyl (C=O) groups excluding carboxylic acids is 2. The molecule has 1 aromatic heterocycles. The molecule has 1 fully saturated rings. The number of amides is 2. The Bertz CT molecular complexity index is 563. The van der Waals surface area contributed by atoms with Crippen LogP contribution in [0.2, 0.25) is 0 Å². The maximum atomic E-state index is 12.7. The highest BCUT2D eigenvalue weighted by molar-refractivity contribution is 5.97. The molecule has 6 heteroatoms. The number of likely N-dealkylation sites (N-methyl/N-ethyl adjacent to an activating group) is 1. The number of furan rings is 1. The number of aryl methyl sites for hydroxylation is 1. The molecule has 0 radical (unpaired) electrons. The first-order valence-corrected chi connectivity index (χ1v) is 8.38. The molecular weight excluding hydrogens is 294 g/mol. The standard InChI is InChI=1S/C17H27N3O3/c1-5-18(6-2)11-14-10-15(13(4)23-14)17(22)20-9-8-19(7-3)16(21)12-20/h10H,5-9,11-12H2,1-4H3. The van der Waals surface area contributed by atoms with E-state index in [4.69, 9.17) is 4.42 Å². The summed E-state index contributed by atoms with van der Waals surface area (Å²) in [5.74, 6) is 1.33. The largest absolute Gasteiger partial charge is 0.464 e. The van der Waals surface area contributed by atoms with Gasteiger partial charge in [-0.05, 0) is 33.0 Å². The predicted octanol–water partition coefficient (Wildman–Crippen LogP) is 1.73. The monoisotopic (exact) mass is 321 g/mol. The first-order valence-electron chi connectivity index (χ1n) is 8.38. The van der Waals surface area contributed by atoms with Crippen molar-refractivity contribution >= 4 is 11.8 Å². The van der Waals surface area contributed by atoms with Gasteiger partial charge in [0.05, 0.1) is 12.1 Å². The summed E-state index contributed by atoms with van der Waals surface area (Å²) in [6.07, 6.45) is 0. The van der Waals surface area contributed by atoms with Gasteiger partial charge in [-0.1, -0.05) is 13.8 Å². The fourth-order valence-corrected chi connectivity index (χ4v) is 2.89. The molecule has 0 N–H and O–H groups in total. The zero-order chi connectivity index (χ0) is 17.0. The molecular formula is C17H27N3O3. The van der Waals surface area contributed by atoms with E-state index in [0.717, 1.165) is 18.8 Å². The summed E-state index contributed by atoms with van der Waals surface area (Å²) >= 11 is 0. The molecule has 0 aliphatic carbocycles. The van der Waals surface area contributed by atoms with Crippen molar-refractivity contribution in [3.8, 4) is 0 Å². The van der Waals surface area contributed by atoms with Crippen LogP contribution in [0.1, 0.15) is 42.6 Å². The van der Waals surface area contributed by atoms with Crippen LogP contribution in [0.15, 0.2) is 10.5 Å². The SMILES string of the molecule is CCN(CC)Cc1cc(C(=O)N2CCN(CC)C(=O)C2)c(C)o1. The summed E-state index contributed by atoms with van der Waals surface area (Å²) in [5.41, 5.74) is 0.574. The zero-order valence-corrected chi connectivity index (χ0v) is 14.6. The van der Waals surface area contributed by atoms with Crippen LogP contribution in [-0.4, -0.2) is 65.8 Å². The van der Waals surface area contributed by atoms with Crippen LogP contribution < -0.4 is 0 Å². The molecule has 0 atom stereocenters. The van der Waals surface area contributed by atoms with Crippen molar-refractivity contribution in [2.75, 3.05) is 39.3 Å². The average molecular weight is 321 g/mol. The lowest BCUT2D eigenvalue weighted by Gasteiger charge is -2.33. The third kappa shape index (κ3) is 3.93. The Morgan fingerprint density at radius 2 is 1.96 bits per heavy atom. The second-order valence-electron chi connectivity index (χ2n) is 5.84. The van der Waals surface area contributed by atoms with E-state index in [1.54, 1.807) is 9.80 Å². The first kappa shape index (κ1) is 17.5. The van der Waals surface area contributed by atoms with E-state index in [9.17, 15) is 9.59 Å². The molecule has 0 spiro atoms. The maximum Gasteiger partial charge on any atom is 0.257 e. The summed E-state index contributed by atoms with van der Waals surface area (Å²) in [4.78, 5) is 30.3. The summed E-state index contributed by atoms with van der Waals surface area (Å²) in [7, 11) is 0. The Morgan fingerprint density at radius 1 is 1.26 bits per heavy atom. The number of rotatable bonds is 6. The molecule has 1 aliphatic rings. The normalized spacial score (nSPS) is 15.6. The van der Waals surface area contributed by atoms with E-state index in [1.807, 2.05) is 19.9 Å². The van der Waals surface area contributed by atoms with Gasteiger partial charge in [-0.25, -0.2) is 0 Å². The number of piperazine rings is 1. The highest BCUT2D eigenvalue weighted by atomic mass is 16.3. The third-order valence-electron chi connectivity index (χ3n) is 4.46. The van der Waals surface area contributed by atoms with E-state index < -0.39 is 0 Å². The summed E-state index contributed by atoms with van der Waals surface area (Å²) in [5, 5.41) is 0. The molecule has 1 aromatic rings. The van der Waals surface area contributed by atoms with Crippen molar-refractivity contribution in [3.05, 3.63) is 23.2 Å². The molecule has 0 aromatic carbocycles. The molecule has 1 aliphatic heterocycles. The second kappa shape index (κ2) is 7.64. The minimum absolute atomic E-state index is 0.0108. The van der Waals surface area contributed by atoms with Crippen molar-refractivity contribution in [2.45, 2.75) is 34.2 Å². The van der Waals surface area contributed by atoms with Gasteiger partial charge < -0.3 is 14.2 Å². The third-order valence-corrected chi connectivity index (χ3v) is 4.46. The van der Waals surface area contributed by atoms with Crippen LogP contribution in [-0.2, 0) is 11.3 Å². The fraction of sp³-hybridized carbons (Fsp3) is 0.647. The quantitative estimate of drug-likeness (QED) is 0.801. The number of carbonyl (C=O) groups is 2. The van der Waals surface area contributed by atoms with Gasteiger partial charge in [0, 0.05) is 19.6 Å². The van der Waals surface area contributed by atoms with Crippen LogP contribution in [0.25, 0.3) is 0 Å². The highest BCUT2D eigenvalue weighted by Gasteiger charge is 2.28. The molecule has 23 heavy (non-hydrogen) atoms. The van der Waals surface area contributed by atoms with Crippen LogP contribution in [0, 0.1) is 6.92 Å².